The molecule has 92 valence electrons. The summed E-state index contributed by atoms with van der Waals surface area (Å²) in [5.74, 6) is 0. The van der Waals surface area contributed by atoms with Gasteiger partial charge in [0.05, 0.1) is 12.2 Å². The van der Waals surface area contributed by atoms with Gasteiger partial charge in [-0.1, -0.05) is 28.1 Å². The molecule has 1 saturated heterocycles. The Bertz CT molecular complexity index is 445. The minimum absolute atomic E-state index is 0.309. The molecule has 1 aliphatic rings. The lowest BCUT2D eigenvalue weighted by molar-refractivity contribution is 0.0572. The van der Waals surface area contributed by atoms with Gasteiger partial charge in [-0.2, -0.15) is 0 Å². The van der Waals surface area contributed by atoms with Gasteiger partial charge >= 0.3 is 0 Å². The molecule has 4 N–H and O–H groups in total. The Kier molecular flexibility index (Phi) is 3.67. The van der Waals surface area contributed by atoms with E-state index in [1.807, 2.05) is 23.1 Å². The van der Waals surface area contributed by atoms with Crippen molar-refractivity contribution in [2.45, 2.75) is 12.2 Å². The van der Waals surface area contributed by atoms with Gasteiger partial charge in [0, 0.05) is 28.8 Å². The summed E-state index contributed by atoms with van der Waals surface area (Å²) < 4.78 is 0.906. The molecule has 4 nitrogen and oxygen atoms in total. The van der Waals surface area contributed by atoms with Crippen LogP contribution in [0.2, 0.25) is 0 Å². The van der Waals surface area contributed by atoms with Crippen LogP contribution in [0, 0.1) is 0 Å². The second-order valence-electron chi connectivity index (χ2n) is 4.07. The molecule has 2 unspecified atom stereocenters. The van der Waals surface area contributed by atoms with Gasteiger partial charge in [0.1, 0.15) is 4.99 Å². The van der Waals surface area contributed by atoms with E-state index in [1.165, 1.54) is 0 Å². The van der Waals surface area contributed by atoms with Crippen molar-refractivity contribution in [3.8, 4) is 0 Å². The molecule has 0 amide bonds. The standard InChI is InChI=1S/C11H13BrN2O2S/c12-6-1-2-7(11(13)17)8(3-6)14-4-9(15)10(16)5-14/h1-3,9-10,15-16H,4-5H2,(H2,13,17). The Morgan fingerprint density at radius 1 is 1.35 bits per heavy atom. The number of thiocarbonyl (C=S) groups is 1. The van der Waals surface area contributed by atoms with Crippen LogP contribution in [0.1, 0.15) is 5.56 Å². The number of anilines is 1. The first-order valence-electron chi connectivity index (χ1n) is 5.19. The Labute approximate surface area is 113 Å². The first-order valence-corrected chi connectivity index (χ1v) is 6.39. The number of aliphatic hydroxyl groups is 2. The molecule has 0 radical (unpaired) electrons. The van der Waals surface area contributed by atoms with Crippen LogP contribution in [0.4, 0.5) is 5.69 Å². The zero-order valence-electron chi connectivity index (χ0n) is 9.01. The monoisotopic (exact) mass is 316 g/mol. The van der Waals surface area contributed by atoms with Crippen molar-refractivity contribution in [1.82, 2.24) is 0 Å². The third-order valence-corrected chi connectivity index (χ3v) is 3.54. The zero-order valence-corrected chi connectivity index (χ0v) is 11.4. The second-order valence-corrected chi connectivity index (χ2v) is 5.42. The number of hydrogen-bond acceptors (Lipinski definition) is 4. The highest BCUT2D eigenvalue weighted by molar-refractivity contribution is 9.10. The summed E-state index contributed by atoms with van der Waals surface area (Å²) in [7, 11) is 0. The Balaban J connectivity index is 2.37. The minimum Gasteiger partial charge on any atom is -0.389 e. The van der Waals surface area contributed by atoms with E-state index >= 15 is 0 Å². The number of halogens is 1. The highest BCUT2D eigenvalue weighted by Crippen LogP contribution is 2.28. The molecule has 1 aliphatic heterocycles. The number of benzene rings is 1. The van der Waals surface area contributed by atoms with Gasteiger partial charge in [-0.25, -0.2) is 0 Å². The maximum absolute atomic E-state index is 9.56. The van der Waals surface area contributed by atoms with E-state index in [2.05, 4.69) is 15.9 Å². The van der Waals surface area contributed by atoms with Crippen molar-refractivity contribution in [2.75, 3.05) is 18.0 Å². The van der Waals surface area contributed by atoms with Crippen LogP contribution in [-0.2, 0) is 0 Å². The smallest absolute Gasteiger partial charge is 0.106 e. The maximum atomic E-state index is 9.56. The summed E-state index contributed by atoms with van der Waals surface area (Å²) in [6.45, 7) is 0.764. The van der Waals surface area contributed by atoms with Crippen LogP contribution in [0.3, 0.4) is 0 Å². The Hall–Kier alpha value is -0.690. The highest BCUT2D eigenvalue weighted by Gasteiger charge is 2.31. The lowest BCUT2D eigenvalue weighted by Crippen LogP contribution is -2.24. The fourth-order valence-electron chi connectivity index (χ4n) is 1.94. The SMILES string of the molecule is NC(=S)c1ccc(Br)cc1N1CC(O)C(O)C1. The number of hydrogen-bond donors (Lipinski definition) is 3. The fraction of sp³-hybridized carbons (Fsp3) is 0.364. The van der Waals surface area contributed by atoms with Gasteiger partial charge in [0.2, 0.25) is 0 Å². The van der Waals surface area contributed by atoms with Gasteiger partial charge in [-0.15, -0.1) is 0 Å². The molecule has 0 spiro atoms. The first-order chi connectivity index (χ1) is 7.99. The van der Waals surface area contributed by atoms with E-state index in [9.17, 15) is 10.2 Å². The molecule has 1 aromatic carbocycles. The average Bonchev–Trinajstić information content (AvgIpc) is 2.58. The third-order valence-electron chi connectivity index (χ3n) is 2.82. The second kappa shape index (κ2) is 4.89. The normalized spacial score (nSPS) is 24.1. The third kappa shape index (κ3) is 2.60. The molecule has 2 atom stereocenters. The molecule has 17 heavy (non-hydrogen) atoms. The van der Waals surface area contributed by atoms with Crippen LogP contribution in [0.5, 0.6) is 0 Å². The molecular formula is C11H13BrN2O2S. The molecule has 0 bridgehead atoms. The Morgan fingerprint density at radius 3 is 2.47 bits per heavy atom. The average molecular weight is 317 g/mol. The van der Waals surface area contributed by atoms with Gasteiger partial charge in [0.25, 0.3) is 0 Å². The summed E-state index contributed by atoms with van der Waals surface area (Å²) in [6, 6.07) is 5.58. The summed E-state index contributed by atoms with van der Waals surface area (Å²) in [5, 5.41) is 19.1. The van der Waals surface area contributed by atoms with E-state index in [0.29, 0.717) is 18.1 Å². The van der Waals surface area contributed by atoms with Crippen LogP contribution < -0.4 is 10.6 Å². The summed E-state index contributed by atoms with van der Waals surface area (Å²) >= 11 is 8.38. The van der Waals surface area contributed by atoms with Crippen LogP contribution in [0.25, 0.3) is 0 Å². The minimum atomic E-state index is -0.729. The molecule has 1 fully saturated rings. The molecule has 1 aromatic rings. The molecular weight excluding hydrogens is 304 g/mol. The molecule has 0 saturated carbocycles. The lowest BCUT2D eigenvalue weighted by Gasteiger charge is -2.21. The van der Waals surface area contributed by atoms with Crippen LogP contribution >= 0.6 is 28.1 Å². The topological polar surface area (TPSA) is 69.7 Å². The van der Waals surface area contributed by atoms with Crippen molar-refractivity contribution < 1.29 is 10.2 Å². The zero-order chi connectivity index (χ0) is 12.6. The van der Waals surface area contributed by atoms with E-state index in [4.69, 9.17) is 18.0 Å². The summed E-state index contributed by atoms with van der Waals surface area (Å²) in [5.41, 5.74) is 7.26. The number of β-amino-alcohol motifs (C(OH)–C–C–N with tert-alkyl or cyclic N) is 2. The molecule has 6 heteroatoms. The fourth-order valence-corrected chi connectivity index (χ4v) is 2.46. The number of aliphatic hydroxyl groups excluding tert-OH is 2. The van der Waals surface area contributed by atoms with Crippen molar-refractivity contribution in [2.24, 2.45) is 5.73 Å². The summed E-state index contributed by atoms with van der Waals surface area (Å²) in [4.78, 5) is 2.19. The number of nitrogens with zero attached hydrogens (tertiary/aromatic N) is 1. The highest BCUT2D eigenvalue weighted by atomic mass is 79.9. The Morgan fingerprint density at radius 2 is 1.94 bits per heavy atom. The van der Waals surface area contributed by atoms with E-state index in [1.54, 1.807) is 0 Å². The largest absolute Gasteiger partial charge is 0.389 e. The van der Waals surface area contributed by atoms with Gasteiger partial charge in [-0.3, -0.25) is 0 Å². The summed E-state index contributed by atoms with van der Waals surface area (Å²) in [6.07, 6.45) is -1.46. The van der Waals surface area contributed by atoms with E-state index in [0.717, 1.165) is 15.7 Å². The van der Waals surface area contributed by atoms with Crippen molar-refractivity contribution in [3.63, 3.8) is 0 Å². The molecule has 0 aromatic heterocycles. The quantitative estimate of drug-likeness (QED) is 0.698. The van der Waals surface area contributed by atoms with Crippen LogP contribution in [-0.4, -0.2) is 40.5 Å². The van der Waals surface area contributed by atoms with Crippen molar-refractivity contribution in [1.29, 1.82) is 0 Å². The predicted molar refractivity (Wildman–Crippen MR) is 74.3 cm³/mol. The molecule has 1 heterocycles. The number of rotatable bonds is 2. The first kappa shape index (κ1) is 12.8. The predicted octanol–water partition coefficient (Wildman–Crippen LogP) is 0.625. The molecule has 2 rings (SSSR count). The van der Waals surface area contributed by atoms with Crippen molar-refractivity contribution in [3.05, 3.63) is 28.2 Å². The molecule has 0 aliphatic carbocycles. The van der Waals surface area contributed by atoms with E-state index < -0.39 is 12.2 Å². The van der Waals surface area contributed by atoms with E-state index in [-0.39, 0.29) is 0 Å². The number of nitrogens with two attached hydrogens (primary N) is 1. The van der Waals surface area contributed by atoms with Gasteiger partial charge in [0.15, 0.2) is 0 Å². The van der Waals surface area contributed by atoms with Crippen LogP contribution in [0.15, 0.2) is 22.7 Å². The lowest BCUT2D eigenvalue weighted by atomic mass is 10.1. The van der Waals surface area contributed by atoms with Crippen molar-refractivity contribution >= 4 is 38.8 Å². The maximum Gasteiger partial charge on any atom is 0.106 e. The van der Waals surface area contributed by atoms with Gasteiger partial charge in [-0.05, 0) is 18.2 Å². The van der Waals surface area contributed by atoms with Gasteiger partial charge < -0.3 is 20.8 Å².